The maximum absolute atomic E-state index is 5.39. The lowest BCUT2D eigenvalue weighted by molar-refractivity contribution is 0.526. The van der Waals surface area contributed by atoms with E-state index >= 15 is 0 Å². The van der Waals surface area contributed by atoms with Gasteiger partial charge in [0.05, 0.1) is 15.6 Å². The van der Waals surface area contributed by atoms with Crippen molar-refractivity contribution < 1.29 is 0 Å². The summed E-state index contributed by atoms with van der Waals surface area (Å²) < 4.78 is 2.79. The van der Waals surface area contributed by atoms with Crippen LogP contribution in [0.3, 0.4) is 0 Å². The average molecular weight is 310 g/mol. The molecule has 0 aliphatic heterocycles. The van der Waals surface area contributed by atoms with Gasteiger partial charge in [0, 0.05) is 11.5 Å². The van der Waals surface area contributed by atoms with E-state index in [0.717, 1.165) is 27.8 Å². The summed E-state index contributed by atoms with van der Waals surface area (Å²) in [7, 11) is 0. The van der Waals surface area contributed by atoms with Crippen LogP contribution in [-0.4, -0.2) is 19.7 Å². The van der Waals surface area contributed by atoms with E-state index in [9.17, 15) is 0 Å². The van der Waals surface area contributed by atoms with Crippen LogP contribution in [-0.2, 0) is 5.41 Å². The van der Waals surface area contributed by atoms with E-state index in [0.29, 0.717) is 10.8 Å². The summed E-state index contributed by atoms with van der Waals surface area (Å²) >= 11 is 7.08. The molecule has 0 aliphatic carbocycles. The third kappa shape index (κ3) is 2.72. The third-order valence-corrected chi connectivity index (χ3v) is 4.64. The zero-order valence-corrected chi connectivity index (χ0v) is 14.6. The van der Waals surface area contributed by atoms with Crippen molar-refractivity contribution in [1.29, 1.82) is 0 Å². The Labute approximate surface area is 129 Å². The SMILES string of the molecule is CCC(C)n1c(-c2sc(C)nc2C(C)(C)C)n[nH]c1=S. The number of nitrogens with one attached hydrogen (secondary N) is 1. The predicted octanol–water partition coefficient (Wildman–Crippen LogP) is 4.64. The summed E-state index contributed by atoms with van der Waals surface area (Å²) in [6.45, 7) is 12.9. The minimum atomic E-state index is -0.00601. The Morgan fingerprint density at radius 3 is 2.60 bits per heavy atom. The first-order chi connectivity index (χ1) is 9.25. The van der Waals surface area contributed by atoms with Crippen molar-refractivity contribution in [2.45, 2.75) is 59.4 Å². The van der Waals surface area contributed by atoms with Crippen molar-refractivity contribution >= 4 is 23.6 Å². The Kier molecular flexibility index (Phi) is 4.16. The lowest BCUT2D eigenvalue weighted by Crippen LogP contribution is -2.14. The zero-order valence-electron chi connectivity index (χ0n) is 12.9. The van der Waals surface area contributed by atoms with Gasteiger partial charge in [-0.3, -0.25) is 9.67 Å². The molecule has 0 saturated carbocycles. The van der Waals surface area contributed by atoms with Gasteiger partial charge in [0.25, 0.3) is 0 Å². The van der Waals surface area contributed by atoms with Crippen LogP contribution in [0.15, 0.2) is 0 Å². The van der Waals surface area contributed by atoms with Crippen LogP contribution in [0.4, 0.5) is 0 Å². The highest BCUT2D eigenvalue weighted by molar-refractivity contribution is 7.71. The first kappa shape index (κ1) is 15.4. The van der Waals surface area contributed by atoms with Crippen LogP contribution in [0.1, 0.15) is 57.8 Å². The molecule has 2 rings (SSSR count). The summed E-state index contributed by atoms with van der Waals surface area (Å²) in [6, 6.07) is 0.325. The van der Waals surface area contributed by atoms with E-state index < -0.39 is 0 Å². The number of nitrogens with zero attached hydrogens (tertiary/aromatic N) is 3. The zero-order chi connectivity index (χ0) is 15.1. The largest absolute Gasteiger partial charge is 0.297 e. The summed E-state index contributed by atoms with van der Waals surface area (Å²) in [5.74, 6) is 0.917. The Balaban J connectivity index is 2.67. The fraction of sp³-hybridized carbons (Fsp3) is 0.643. The highest BCUT2D eigenvalue weighted by Crippen LogP contribution is 2.37. The van der Waals surface area contributed by atoms with E-state index in [4.69, 9.17) is 17.2 Å². The lowest BCUT2D eigenvalue weighted by Gasteiger charge is -2.19. The normalized spacial score (nSPS) is 13.7. The van der Waals surface area contributed by atoms with Crippen molar-refractivity contribution in [3.05, 3.63) is 15.5 Å². The fourth-order valence-corrected chi connectivity index (χ4v) is 3.57. The average Bonchev–Trinajstić information content (AvgIpc) is 2.91. The summed E-state index contributed by atoms with van der Waals surface area (Å²) in [5.41, 5.74) is 1.09. The second-order valence-corrected chi connectivity index (χ2v) is 7.73. The molecule has 0 saturated heterocycles. The molecule has 0 spiro atoms. The molecule has 1 unspecified atom stereocenters. The Morgan fingerprint density at radius 2 is 2.05 bits per heavy atom. The van der Waals surface area contributed by atoms with E-state index in [1.165, 1.54) is 0 Å². The molecule has 2 heterocycles. The van der Waals surface area contributed by atoms with Crippen LogP contribution in [0.25, 0.3) is 10.7 Å². The predicted molar refractivity (Wildman–Crippen MR) is 87.0 cm³/mol. The Hall–Kier alpha value is -1.01. The molecule has 0 amide bonds. The number of hydrogen-bond donors (Lipinski definition) is 1. The van der Waals surface area contributed by atoms with Crippen molar-refractivity contribution in [2.75, 3.05) is 0 Å². The topological polar surface area (TPSA) is 46.5 Å². The number of hydrogen-bond acceptors (Lipinski definition) is 4. The molecule has 2 aromatic rings. The van der Waals surface area contributed by atoms with E-state index in [-0.39, 0.29) is 5.41 Å². The smallest absolute Gasteiger partial charge is 0.195 e. The van der Waals surface area contributed by atoms with Gasteiger partial charge in [-0.2, -0.15) is 5.10 Å². The maximum atomic E-state index is 5.39. The Bertz CT molecular complexity index is 658. The van der Waals surface area contributed by atoms with Crippen molar-refractivity contribution in [3.8, 4) is 10.7 Å². The minimum Gasteiger partial charge on any atom is -0.297 e. The highest BCUT2D eigenvalue weighted by atomic mass is 32.1. The quantitative estimate of drug-likeness (QED) is 0.840. The fourth-order valence-electron chi connectivity index (χ4n) is 2.14. The molecule has 2 aromatic heterocycles. The lowest BCUT2D eigenvalue weighted by atomic mass is 9.91. The van der Waals surface area contributed by atoms with E-state index in [1.54, 1.807) is 11.3 Å². The molecule has 20 heavy (non-hydrogen) atoms. The summed E-state index contributed by atoms with van der Waals surface area (Å²) in [5, 5.41) is 8.46. The second-order valence-electron chi connectivity index (χ2n) is 6.14. The molecule has 0 bridgehead atoms. The van der Waals surface area contributed by atoms with Gasteiger partial charge in [0.15, 0.2) is 10.6 Å². The molecule has 1 atom stereocenters. The number of aromatic amines is 1. The third-order valence-electron chi connectivity index (χ3n) is 3.38. The molecule has 0 radical (unpaired) electrons. The first-order valence-corrected chi connectivity index (χ1v) is 8.13. The van der Waals surface area contributed by atoms with Crippen LogP contribution >= 0.6 is 23.6 Å². The highest BCUT2D eigenvalue weighted by Gasteiger charge is 2.26. The number of H-pyrrole nitrogens is 1. The van der Waals surface area contributed by atoms with Crippen molar-refractivity contribution in [3.63, 3.8) is 0 Å². The van der Waals surface area contributed by atoms with E-state index in [1.807, 2.05) is 6.92 Å². The molecule has 0 fully saturated rings. The van der Waals surface area contributed by atoms with Crippen LogP contribution in [0.2, 0.25) is 0 Å². The van der Waals surface area contributed by atoms with Gasteiger partial charge in [-0.15, -0.1) is 11.3 Å². The minimum absolute atomic E-state index is 0.00601. The molecule has 4 nitrogen and oxygen atoms in total. The van der Waals surface area contributed by atoms with Gasteiger partial charge in [-0.25, -0.2) is 4.98 Å². The molecule has 1 N–H and O–H groups in total. The van der Waals surface area contributed by atoms with Crippen molar-refractivity contribution in [1.82, 2.24) is 19.7 Å². The molecular weight excluding hydrogens is 288 g/mol. The van der Waals surface area contributed by atoms with Gasteiger partial charge in [0.1, 0.15) is 0 Å². The van der Waals surface area contributed by atoms with Gasteiger partial charge in [-0.05, 0) is 32.5 Å². The van der Waals surface area contributed by atoms with Gasteiger partial charge >= 0.3 is 0 Å². The Morgan fingerprint density at radius 1 is 1.40 bits per heavy atom. The van der Waals surface area contributed by atoms with Crippen LogP contribution in [0.5, 0.6) is 0 Å². The summed E-state index contributed by atoms with van der Waals surface area (Å²) in [4.78, 5) is 5.84. The standard InChI is InChI=1S/C14H22N4S2/c1-7-8(2)18-12(16-17-13(18)19)10-11(14(4,5)6)15-9(3)20-10/h8H,7H2,1-6H3,(H,17,19). The summed E-state index contributed by atoms with van der Waals surface area (Å²) in [6.07, 6.45) is 1.02. The number of aryl methyl sites for hydroxylation is 1. The number of thiazole rings is 1. The number of rotatable bonds is 3. The molecule has 110 valence electrons. The van der Waals surface area contributed by atoms with Crippen LogP contribution < -0.4 is 0 Å². The molecule has 6 heteroatoms. The molecular formula is C14H22N4S2. The van der Waals surface area contributed by atoms with Gasteiger partial charge in [0.2, 0.25) is 0 Å². The van der Waals surface area contributed by atoms with Gasteiger partial charge < -0.3 is 0 Å². The molecule has 0 aromatic carbocycles. The van der Waals surface area contributed by atoms with E-state index in [2.05, 4.69) is 49.4 Å². The van der Waals surface area contributed by atoms with Crippen molar-refractivity contribution in [2.24, 2.45) is 0 Å². The van der Waals surface area contributed by atoms with Crippen LogP contribution in [0, 0.1) is 11.7 Å². The monoisotopic (exact) mass is 310 g/mol. The number of aromatic nitrogens is 4. The maximum Gasteiger partial charge on any atom is 0.195 e. The first-order valence-electron chi connectivity index (χ1n) is 6.90. The van der Waals surface area contributed by atoms with Gasteiger partial charge in [-0.1, -0.05) is 27.7 Å². The second kappa shape index (κ2) is 5.41. The molecule has 0 aliphatic rings.